The number of nitrogens with zero attached hydrogens (tertiary/aromatic N) is 1. The topological polar surface area (TPSA) is 83.8 Å². The summed E-state index contributed by atoms with van der Waals surface area (Å²) in [7, 11) is 0. The van der Waals surface area contributed by atoms with Crippen molar-refractivity contribution in [2.45, 2.75) is 18.4 Å². The van der Waals surface area contributed by atoms with E-state index in [1.54, 1.807) is 0 Å². The highest BCUT2D eigenvalue weighted by molar-refractivity contribution is 6.32. The van der Waals surface area contributed by atoms with Crippen molar-refractivity contribution in [2.24, 2.45) is 5.73 Å². The van der Waals surface area contributed by atoms with Gasteiger partial charge in [0, 0.05) is 6.54 Å². The molecule has 0 aromatic carbocycles. The van der Waals surface area contributed by atoms with Gasteiger partial charge in [-0.05, 0) is 12.8 Å². The van der Waals surface area contributed by atoms with Crippen LogP contribution in [0.4, 0.5) is 5.82 Å². The largest absolute Gasteiger partial charge is 0.362 e. The number of hydrogen-bond acceptors (Lipinski definition) is 4. The van der Waals surface area contributed by atoms with Crippen LogP contribution in [0.15, 0.2) is 11.1 Å². The molecule has 0 spiro atoms. The third-order valence-electron chi connectivity index (χ3n) is 2.42. The van der Waals surface area contributed by atoms with Crippen LogP contribution in [0.25, 0.3) is 0 Å². The average Bonchev–Trinajstić information content (AvgIpc) is 2.94. The quantitative estimate of drug-likeness (QED) is 0.677. The van der Waals surface area contributed by atoms with E-state index in [0.717, 1.165) is 12.8 Å². The molecule has 2 rings (SSSR count). The van der Waals surface area contributed by atoms with Gasteiger partial charge in [-0.25, -0.2) is 4.98 Å². The summed E-state index contributed by atoms with van der Waals surface area (Å²) in [6, 6.07) is 0. The second-order valence-electron chi connectivity index (χ2n) is 3.50. The van der Waals surface area contributed by atoms with E-state index in [2.05, 4.69) is 15.3 Å². The van der Waals surface area contributed by atoms with Gasteiger partial charge in [-0.1, -0.05) is 11.6 Å². The van der Waals surface area contributed by atoms with Crippen LogP contribution in [0.5, 0.6) is 0 Å². The summed E-state index contributed by atoms with van der Waals surface area (Å²) >= 11 is 5.77. The molecule has 5 nitrogen and oxygen atoms in total. The third-order valence-corrected chi connectivity index (χ3v) is 2.78. The van der Waals surface area contributed by atoms with Gasteiger partial charge in [-0.2, -0.15) is 0 Å². The fourth-order valence-corrected chi connectivity index (χ4v) is 1.40. The molecule has 1 aromatic rings. The molecule has 0 amide bonds. The second kappa shape index (κ2) is 3.25. The highest BCUT2D eigenvalue weighted by Crippen LogP contribution is 2.38. The van der Waals surface area contributed by atoms with E-state index >= 15 is 0 Å². The van der Waals surface area contributed by atoms with Gasteiger partial charge in [0.05, 0.1) is 11.9 Å². The number of rotatable bonds is 3. The summed E-state index contributed by atoms with van der Waals surface area (Å²) in [6.07, 6.45) is 3.31. The fraction of sp³-hybridized carbons (Fsp3) is 0.500. The molecule has 1 saturated carbocycles. The maximum Gasteiger partial charge on any atom is 0.271 e. The van der Waals surface area contributed by atoms with Gasteiger partial charge in [0.2, 0.25) is 0 Å². The lowest BCUT2D eigenvalue weighted by Crippen LogP contribution is -2.32. The van der Waals surface area contributed by atoms with E-state index in [9.17, 15) is 4.79 Å². The first-order valence-corrected chi connectivity index (χ1v) is 4.76. The molecule has 0 atom stereocenters. The number of nitrogens with one attached hydrogen (secondary N) is 2. The maximum absolute atomic E-state index is 11.1. The molecule has 0 bridgehead atoms. The Hall–Kier alpha value is -1.07. The van der Waals surface area contributed by atoms with Crippen molar-refractivity contribution in [3.63, 3.8) is 0 Å². The molecule has 0 radical (unpaired) electrons. The SMILES string of the molecule is NCC1(Nc2nc[nH]c(=O)c2Cl)CC1. The van der Waals surface area contributed by atoms with E-state index in [1.165, 1.54) is 6.33 Å². The minimum Gasteiger partial charge on any atom is -0.362 e. The Morgan fingerprint density at radius 1 is 1.71 bits per heavy atom. The summed E-state index contributed by atoms with van der Waals surface area (Å²) in [5.74, 6) is 0.415. The van der Waals surface area contributed by atoms with Crippen LogP contribution >= 0.6 is 11.6 Å². The number of hydrogen-bond donors (Lipinski definition) is 3. The van der Waals surface area contributed by atoms with Gasteiger partial charge in [0.1, 0.15) is 5.02 Å². The normalized spacial score (nSPS) is 17.9. The monoisotopic (exact) mass is 214 g/mol. The lowest BCUT2D eigenvalue weighted by molar-refractivity contribution is 0.736. The molecule has 0 unspecified atom stereocenters. The van der Waals surface area contributed by atoms with E-state index in [-0.39, 0.29) is 16.1 Å². The smallest absolute Gasteiger partial charge is 0.271 e. The van der Waals surface area contributed by atoms with Crippen molar-refractivity contribution >= 4 is 17.4 Å². The predicted molar refractivity (Wildman–Crippen MR) is 54.5 cm³/mol. The number of H-pyrrole nitrogens is 1. The lowest BCUT2D eigenvalue weighted by Gasteiger charge is -2.15. The van der Waals surface area contributed by atoms with Crippen LogP contribution in [0.2, 0.25) is 5.02 Å². The zero-order chi connectivity index (χ0) is 10.2. The minimum absolute atomic E-state index is 0.0900. The first-order chi connectivity index (χ1) is 6.67. The molecule has 0 saturated heterocycles. The third kappa shape index (κ3) is 1.60. The van der Waals surface area contributed by atoms with Crippen LogP contribution in [0.3, 0.4) is 0 Å². The molecule has 1 aliphatic carbocycles. The summed E-state index contributed by atoms with van der Waals surface area (Å²) in [5, 5.41) is 3.19. The predicted octanol–water partition coefficient (Wildman–Crippen LogP) is 0.326. The summed E-state index contributed by atoms with van der Waals surface area (Å²) in [6.45, 7) is 0.526. The first kappa shape index (κ1) is 9.48. The Labute approximate surface area is 85.7 Å². The van der Waals surface area contributed by atoms with E-state index in [4.69, 9.17) is 17.3 Å². The molecule has 76 valence electrons. The Kier molecular flexibility index (Phi) is 2.20. The number of anilines is 1. The Morgan fingerprint density at radius 3 is 3.00 bits per heavy atom. The Morgan fingerprint density at radius 2 is 2.43 bits per heavy atom. The first-order valence-electron chi connectivity index (χ1n) is 4.38. The Balaban J connectivity index is 2.25. The summed E-state index contributed by atoms with van der Waals surface area (Å²) in [5.41, 5.74) is 5.16. The van der Waals surface area contributed by atoms with Crippen LogP contribution in [-0.4, -0.2) is 22.1 Å². The van der Waals surface area contributed by atoms with Crippen molar-refractivity contribution in [2.75, 3.05) is 11.9 Å². The van der Waals surface area contributed by atoms with Gasteiger partial charge < -0.3 is 16.0 Å². The van der Waals surface area contributed by atoms with Gasteiger partial charge >= 0.3 is 0 Å². The summed E-state index contributed by atoms with van der Waals surface area (Å²) < 4.78 is 0. The number of halogens is 1. The van der Waals surface area contributed by atoms with Crippen LogP contribution in [-0.2, 0) is 0 Å². The zero-order valence-corrected chi connectivity index (χ0v) is 8.27. The van der Waals surface area contributed by atoms with Gasteiger partial charge in [0.15, 0.2) is 5.82 Å². The van der Waals surface area contributed by atoms with Crippen molar-refractivity contribution in [1.29, 1.82) is 0 Å². The maximum atomic E-state index is 11.1. The molecule has 1 heterocycles. The van der Waals surface area contributed by atoms with Crippen molar-refractivity contribution in [3.05, 3.63) is 21.7 Å². The molecular formula is C8H11ClN4O. The molecule has 4 N–H and O–H groups in total. The molecule has 1 aliphatic rings. The average molecular weight is 215 g/mol. The van der Waals surface area contributed by atoms with E-state index in [0.29, 0.717) is 12.4 Å². The van der Waals surface area contributed by atoms with Crippen molar-refractivity contribution in [1.82, 2.24) is 9.97 Å². The van der Waals surface area contributed by atoms with Gasteiger partial charge in [-0.3, -0.25) is 4.79 Å². The van der Waals surface area contributed by atoms with Crippen LogP contribution in [0, 0.1) is 0 Å². The van der Waals surface area contributed by atoms with Crippen molar-refractivity contribution < 1.29 is 0 Å². The van der Waals surface area contributed by atoms with Crippen LogP contribution < -0.4 is 16.6 Å². The highest BCUT2D eigenvalue weighted by atomic mass is 35.5. The second-order valence-corrected chi connectivity index (χ2v) is 3.88. The van der Waals surface area contributed by atoms with E-state index < -0.39 is 0 Å². The number of aromatic nitrogens is 2. The fourth-order valence-electron chi connectivity index (χ4n) is 1.25. The van der Waals surface area contributed by atoms with Gasteiger partial charge in [-0.15, -0.1) is 0 Å². The highest BCUT2D eigenvalue weighted by Gasteiger charge is 2.41. The van der Waals surface area contributed by atoms with E-state index in [1.807, 2.05) is 0 Å². The lowest BCUT2D eigenvalue weighted by atomic mass is 10.3. The molecular weight excluding hydrogens is 204 g/mol. The minimum atomic E-state index is -0.336. The number of nitrogens with two attached hydrogens (primary N) is 1. The van der Waals surface area contributed by atoms with Crippen molar-refractivity contribution in [3.8, 4) is 0 Å². The molecule has 0 aliphatic heterocycles. The van der Waals surface area contributed by atoms with Gasteiger partial charge in [0.25, 0.3) is 5.56 Å². The summed E-state index contributed by atoms with van der Waals surface area (Å²) in [4.78, 5) is 17.5. The molecule has 1 fully saturated rings. The number of aromatic amines is 1. The molecule has 14 heavy (non-hydrogen) atoms. The van der Waals surface area contributed by atoms with Crippen LogP contribution in [0.1, 0.15) is 12.8 Å². The Bertz CT molecular complexity index is 399. The zero-order valence-electron chi connectivity index (χ0n) is 7.51. The molecule has 1 aromatic heterocycles. The molecule has 6 heteroatoms. The standard InChI is InChI=1S/C8H11ClN4O/c9-5-6(11-4-12-7(5)14)13-8(3-10)1-2-8/h4H,1-3,10H2,(H2,11,12,13,14).